The SMILES string of the molecule is c1ccc(-c2cc(-c3ccccc3)nc(-c3ccc4c(c3)Sc3ccccc3C4(c3ccccc3)c3ccccc3)c2)cc1. The zero-order valence-electron chi connectivity index (χ0n) is 24.1. The van der Waals surface area contributed by atoms with Crippen molar-refractivity contribution in [1.29, 1.82) is 0 Å². The van der Waals surface area contributed by atoms with E-state index in [-0.39, 0.29) is 0 Å². The number of hydrogen-bond donors (Lipinski definition) is 0. The molecule has 2 heterocycles. The maximum Gasteiger partial charge on any atom is 0.0723 e. The molecule has 1 aliphatic rings. The molecule has 0 fully saturated rings. The fraction of sp³-hybridized carbons (Fsp3) is 0.0238. The third-order valence-electron chi connectivity index (χ3n) is 8.61. The molecule has 1 aromatic heterocycles. The van der Waals surface area contributed by atoms with Gasteiger partial charge in [0, 0.05) is 20.9 Å². The topological polar surface area (TPSA) is 12.9 Å². The number of benzene rings is 6. The van der Waals surface area contributed by atoms with Gasteiger partial charge in [0.1, 0.15) is 0 Å². The molecule has 1 nitrogen and oxygen atoms in total. The molecule has 0 spiro atoms. The molecule has 1 aliphatic heterocycles. The van der Waals surface area contributed by atoms with Crippen LogP contribution in [0, 0.1) is 0 Å². The molecule has 0 N–H and O–H groups in total. The number of fused-ring (bicyclic) bond motifs is 2. The Hall–Kier alpha value is -5.18. The van der Waals surface area contributed by atoms with E-state index in [4.69, 9.17) is 4.98 Å². The second-order valence-electron chi connectivity index (χ2n) is 11.1. The second-order valence-corrected chi connectivity index (χ2v) is 12.2. The zero-order chi connectivity index (χ0) is 29.3. The second kappa shape index (κ2) is 11.1. The van der Waals surface area contributed by atoms with E-state index in [9.17, 15) is 0 Å². The van der Waals surface area contributed by atoms with E-state index in [1.807, 2.05) is 11.8 Å². The summed E-state index contributed by atoms with van der Waals surface area (Å²) in [5, 5.41) is 0. The Balaban J connectivity index is 1.36. The van der Waals surface area contributed by atoms with Crippen LogP contribution in [-0.2, 0) is 5.41 Å². The minimum absolute atomic E-state index is 0.438. The lowest BCUT2D eigenvalue weighted by atomic mass is 9.64. The molecule has 0 amide bonds. The molecule has 0 bridgehead atoms. The van der Waals surface area contributed by atoms with Gasteiger partial charge in [0.15, 0.2) is 0 Å². The van der Waals surface area contributed by atoms with Crippen molar-refractivity contribution in [3.8, 4) is 33.6 Å². The summed E-state index contributed by atoms with van der Waals surface area (Å²) in [6.07, 6.45) is 0. The maximum absolute atomic E-state index is 5.24. The predicted molar refractivity (Wildman–Crippen MR) is 183 cm³/mol. The lowest BCUT2D eigenvalue weighted by Gasteiger charge is -2.42. The first-order valence-corrected chi connectivity index (χ1v) is 15.8. The highest BCUT2D eigenvalue weighted by Gasteiger charge is 2.44. The van der Waals surface area contributed by atoms with Crippen LogP contribution in [0.4, 0.5) is 0 Å². The van der Waals surface area contributed by atoms with Crippen molar-refractivity contribution in [2.45, 2.75) is 15.2 Å². The van der Waals surface area contributed by atoms with Gasteiger partial charge in [0.05, 0.1) is 16.8 Å². The minimum atomic E-state index is -0.438. The van der Waals surface area contributed by atoms with Gasteiger partial charge in [0.2, 0.25) is 0 Å². The molecule has 0 aliphatic carbocycles. The number of nitrogens with zero attached hydrogens (tertiary/aromatic N) is 1. The van der Waals surface area contributed by atoms with Crippen molar-refractivity contribution >= 4 is 11.8 Å². The van der Waals surface area contributed by atoms with Crippen molar-refractivity contribution in [3.63, 3.8) is 0 Å². The number of rotatable bonds is 5. The molecular weight excluding hydrogens is 551 g/mol. The van der Waals surface area contributed by atoms with Crippen molar-refractivity contribution in [3.05, 3.63) is 198 Å². The Bertz CT molecular complexity index is 1970. The van der Waals surface area contributed by atoms with E-state index in [1.165, 1.54) is 37.6 Å². The van der Waals surface area contributed by atoms with Crippen LogP contribution in [0.3, 0.4) is 0 Å². The third kappa shape index (κ3) is 4.47. The molecule has 0 radical (unpaired) electrons. The van der Waals surface area contributed by atoms with Gasteiger partial charge in [-0.3, -0.25) is 0 Å². The largest absolute Gasteiger partial charge is 0.248 e. The van der Waals surface area contributed by atoms with Gasteiger partial charge in [-0.1, -0.05) is 163 Å². The Kier molecular flexibility index (Phi) is 6.70. The van der Waals surface area contributed by atoms with Crippen molar-refractivity contribution in [2.24, 2.45) is 0 Å². The summed E-state index contributed by atoms with van der Waals surface area (Å²) in [6.45, 7) is 0. The zero-order valence-corrected chi connectivity index (χ0v) is 24.9. The summed E-state index contributed by atoms with van der Waals surface area (Å²) in [4.78, 5) is 7.77. The van der Waals surface area contributed by atoms with Crippen molar-refractivity contribution < 1.29 is 0 Å². The molecule has 2 heteroatoms. The van der Waals surface area contributed by atoms with Crippen LogP contribution >= 0.6 is 11.8 Å². The Morgan fingerprint density at radius 1 is 0.364 bits per heavy atom. The molecule has 0 unspecified atom stereocenters. The van der Waals surface area contributed by atoms with Gasteiger partial charge >= 0.3 is 0 Å². The molecule has 44 heavy (non-hydrogen) atoms. The lowest BCUT2D eigenvalue weighted by molar-refractivity contribution is 0.703. The van der Waals surface area contributed by atoms with Gasteiger partial charge < -0.3 is 0 Å². The lowest BCUT2D eigenvalue weighted by Crippen LogP contribution is -2.34. The fourth-order valence-electron chi connectivity index (χ4n) is 6.60. The predicted octanol–water partition coefficient (Wildman–Crippen LogP) is 10.9. The van der Waals surface area contributed by atoms with Crippen molar-refractivity contribution in [1.82, 2.24) is 4.98 Å². The molecular formula is C42H29NS. The van der Waals surface area contributed by atoms with Crippen LogP contribution in [0.1, 0.15) is 22.3 Å². The van der Waals surface area contributed by atoms with Crippen LogP contribution in [0.25, 0.3) is 33.6 Å². The van der Waals surface area contributed by atoms with E-state index in [2.05, 4.69) is 176 Å². The average molecular weight is 580 g/mol. The minimum Gasteiger partial charge on any atom is -0.248 e. The van der Waals surface area contributed by atoms with E-state index in [1.54, 1.807) is 0 Å². The normalized spacial score (nSPS) is 13.1. The first kappa shape index (κ1) is 26.4. The standard InChI is InChI=1S/C42H29NS/c1-5-15-30(16-6-1)33-27-38(31-17-7-2-8-18-31)43-39(28-33)32-25-26-37-41(29-32)44-40-24-14-13-23-36(40)42(37,34-19-9-3-10-20-34)35-21-11-4-12-22-35/h1-29H. The van der Waals surface area contributed by atoms with Crippen LogP contribution in [0.5, 0.6) is 0 Å². The highest BCUT2D eigenvalue weighted by Crippen LogP contribution is 2.56. The van der Waals surface area contributed by atoms with E-state index >= 15 is 0 Å². The summed E-state index contributed by atoms with van der Waals surface area (Å²) in [5.74, 6) is 0. The molecule has 6 aromatic carbocycles. The first-order chi connectivity index (χ1) is 21.8. The van der Waals surface area contributed by atoms with Crippen LogP contribution < -0.4 is 0 Å². The summed E-state index contributed by atoms with van der Waals surface area (Å²) >= 11 is 1.86. The fourth-order valence-corrected chi connectivity index (χ4v) is 7.83. The first-order valence-electron chi connectivity index (χ1n) is 15.0. The van der Waals surface area contributed by atoms with Crippen LogP contribution in [-0.4, -0.2) is 4.98 Å². The number of aromatic nitrogens is 1. The average Bonchev–Trinajstić information content (AvgIpc) is 3.11. The Labute approximate surface area is 262 Å². The quantitative estimate of drug-likeness (QED) is 0.201. The van der Waals surface area contributed by atoms with Crippen molar-refractivity contribution in [2.75, 3.05) is 0 Å². The summed E-state index contributed by atoms with van der Waals surface area (Å²) in [6, 6.07) is 63.2. The van der Waals surface area contributed by atoms with Gasteiger partial charge in [-0.05, 0) is 57.6 Å². The van der Waals surface area contributed by atoms with Crippen LogP contribution in [0.2, 0.25) is 0 Å². The third-order valence-corrected chi connectivity index (χ3v) is 9.74. The molecule has 8 rings (SSSR count). The van der Waals surface area contributed by atoms with Gasteiger partial charge in [-0.2, -0.15) is 0 Å². The molecule has 208 valence electrons. The number of hydrogen-bond acceptors (Lipinski definition) is 2. The summed E-state index contributed by atoms with van der Waals surface area (Å²) in [7, 11) is 0. The van der Waals surface area contributed by atoms with Crippen LogP contribution in [0.15, 0.2) is 186 Å². The van der Waals surface area contributed by atoms with Gasteiger partial charge in [0.25, 0.3) is 0 Å². The van der Waals surface area contributed by atoms with Gasteiger partial charge in [-0.15, -0.1) is 0 Å². The van der Waals surface area contributed by atoms with E-state index in [0.717, 1.165) is 28.1 Å². The monoisotopic (exact) mass is 579 g/mol. The molecule has 0 saturated heterocycles. The van der Waals surface area contributed by atoms with E-state index < -0.39 is 5.41 Å². The molecule has 7 aromatic rings. The summed E-state index contributed by atoms with van der Waals surface area (Å²) in [5.41, 5.74) is 11.2. The Morgan fingerprint density at radius 3 is 1.50 bits per heavy atom. The molecule has 0 saturated carbocycles. The smallest absolute Gasteiger partial charge is 0.0723 e. The number of pyridine rings is 1. The summed E-state index contributed by atoms with van der Waals surface area (Å²) < 4.78 is 0. The maximum atomic E-state index is 5.24. The van der Waals surface area contributed by atoms with E-state index in [0.29, 0.717) is 0 Å². The Morgan fingerprint density at radius 2 is 0.864 bits per heavy atom. The highest BCUT2D eigenvalue weighted by molar-refractivity contribution is 7.99. The van der Waals surface area contributed by atoms with Gasteiger partial charge in [-0.25, -0.2) is 4.98 Å². The highest BCUT2D eigenvalue weighted by atomic mass is 32.2. The molecule has 0 atom stereocenters.